The van der Waals surface area contributed by atoms with E-state index in [4.69, 9.17) is 6.42 Å². The largest absolute Gasteiger partial charge is 0.350 e. The molecule has 1 unspecified atom stereocenters. The Hall–Kier alpha value is -2.62. The van der Waals surface area contributed by atoms with Crippen LogP contribution in [0.5, 0.6) is 0 Å². The quantitative estimate of drug-likeness (QED) is 0.459. The minimum absolute atomic E-state index is 0.0214. The number of amides is 2. The molecule has 1 aliphatic rings. The molecule has 1 aromatic heterocycles. The molecule has 1 N–H and O–H groups in total. The molecule has 0 saturated carbocycles. The SMILES string of the molecule is C#CCCNC(=O)c1cn(CCC2CCCCN2C(=O)C=C)nn1. The standard InChI is InChI=1S/C17H23N5O2/c1-3-5-10-18-17(24)15-13-21(20-19-15)12-9-14-8-6-7-11-22(14)16(23)4-2/h1,4,13-14H,2,5-12H2,(H,18,24). The maximum Gasteiger partial charge on any atom is 0.273 e. The summed E-state index contributed by atoms with van der Waals surface area (Å²) in [4.78, 5) is 25.6. The third-order valence-corrected chi connectivity index (χ3v) is 4.10. The van der Waals surface area contributed by atoms with Crippen LogP contribution in [-0.2, 0) is 11.3 Å². The van der Waals surface area contributed by atoms with Crippen molar-refractivity contribution in [1.82, 2.24) is 25.2 Å². The molecule has 0 aliphatic carbocycles. The molecule has 1 atom stereocenters. The first-order chi connectivity index (χ1) is 11.7. The number of hydrogen-bond donors (Lipinski definition) is 1. The number of likely N-dealkylation sites (tertiary alicyclic amines) is 1. The molecule has 1 aliphatic heterocycles. The van der Waals surface area contributed by atoms with Crippen LogP contribution in [0.2, 0.25) is 0 Å². The lowest BCUT2D eigenvalue weighted by atomic mass is 9.99. The summed E-state index contributed by atoms with van der Waals surface area (Å²) < 4.78 is 1.64. The molecule has 2 amide bonds. The van der Waals surface area contributed by atoms with E-state index in [1.54, 1.807) is 10.9 Å². The lowest BCUT2D eigenvalue weighted by molar-refractivity contribution is -0.129. The van der Waals surface area contributed by atoms with Gasteiger partial charge in [0, 0.05) is 32.1 Å². The summed E-state index contributed by atoms with van der Waals surface area (Å²) in [6, 6.07) is 0.182. The van der Waals surface area contributed by atoms with Gasteiger partial charge in [0.05, 0.1) is 6.20 Å². The van der Waals surface area contributed by atoms with Gasteiger partial charge >= 0.3 is 0 Å². The number of terminal acetylenes is 1. The lowest BCUT2D eigenvalue weighted by Gasteiger charge is -2.35. The molecule has 0 radical (unpaired) electrons. The Kier molecular flexibility index (Phi) is 6.55. The highest BCUT2D eigenvalue weighted by Crippen LogP contribution is 2.20. The summed E-state index contributed by atoms with van der Waals surface area (Å²) in [6.45, 7) is 5.37. The monoisotopic (exact) mass is 329 g/mol. The fourth-order valence-corrected chi connectivity index (χ4v) is 2.84. The fraction of sp³-hybridized carbons (Fsp3) is 0.529. The van der Waals surface area contributed by atoms with Crippen LogP contribution in [0.1, 0.15) is 42.6 Å². The van der Waals surface area contributed by atoms with Crippen molar-refractivity contribution in [3.8, 4) is 12.3 Å². The Labute approximate surface area is 142 Å². The van der Waals surface area contributed by atoms with E-state index in [1.807, 2.05) is 4.90 Å². The fourth-order valence-electron chi connectivity index (χ4n) is 2.84. The molecule has 2 rings (SSSR count). The zero-order chi connectivity index (χ0) is 17.4. The normalized spacial score (nSPS) is 17.1. The molecule has 7 nitrogen and oxygen atoms in total. The van der Waals surface area contributed by atoms with Gasteiger partial charge < -0.3 is 10.2 Å². The van der Waals surface area contributed by atoms with Crippen molar-refractivity contribution in [1.29, 1.82) is 0 Å². The predicted octanol–water partition coefficient (Wildman–Crippen LogP) is 0.988. The van der Waals surface area contributed by atoms with Crippen molar-refractivity contribution in [3.05, 3.63) is 24.5 Å². The molecule has 0 bridgehead atoms. The van der Waals surface area contributed by atoms with Gasteiger partial charge in [-0.15, -0.1) is 17.4 Å². The molecule has 128 valence electrons. The first kappa shape index (κ1) is 17.7. The van der Waals surface area contributed by atoms with Crippen molar-refractivity contribution in [2.75, 3.05) is 13.1 Å². The second kappa shape index (κ2) is 8.87. The van der Waals surface area contributed by atoms with Crippen LogP contribution in [-0.4, -0.2) is 50.8 Å². The van der Waals surface area contributed by atoms with E-state index in [1.165, 1.54) is 6.08 Å². The average molecular weight is 329 g/mol. The van der Waals surface area contributed by atoms with Crippen LogP contribution in [0.3, 0.4) is 0 Å². The molecule has 1 aromatic rings. The average Bonchev–Trinajstić information content (AvgIpc) is 3.09. The Morgan fingerprint density at radius 3 is 3.08 bits per heavy atom. The topological polar surface area (TPSA) is 80.1 Å². The summed E-state index contributed by atoms with van der Waals surface area (Å²) in [5, 5.41) is 10.6. The van der Waals surface area contributed by atoms with Crippen molar-refractivity contribution in [2.45, 2.75) is 44.7 Å². The van der Waals surface area contributed by atoms with E-state index in [-0.39, 0.29) is 23.6 Å². The van der Waals surface area contributed by atoms with Gasteiger partial charge in [0.25, 0.3) is 5.91 Å². The zero-order valence-corrected chi connectivity index (χ0v) is 13.8. The third kappa shape index (κ3) is 4.69. The van der Waals surface area contributed by atoms with E-state index < -0.39 is 0 Å². The van der Waals surface area contributed by atoms with Crippen molar-refractivity contribution < 1.29 is 9.59 Å². The number of rotatable bonds is 7. The van der Waals surface area contributed by atoms with Gasteiger partial charge in [-0.1, -0.05) is 11.8 Å². The molecule has 1 fully saturated rings. The summed E-state index contributed by atoms with van der Waals surface area (Å²) in [6.07, 6.45) is 12.5. The summed E-state index contributed by atoms with van der Waals surface area (Å²) in [7, 11) is 0. The number of aromatic nitrogens is 3. The van der Waals surface area contributed by atoms with Gasteiger partial charge in [-0.25, -0.2) is 0 Å². The zero-order valence-electron chi connectivity index (χ0n) is 13.8. The van der Waals surface area contributed by atoms with Crippen molar-refractivity contribution in [2.24, 2.45) is 0 Å². The molecule has 24 heavy (non-hydrogen) atoms. The maximum absolute atomic E-state index is 11.9. The second-order valence-electron chi connectivity index (χ2n) is 5.75. The minimum Gasteiger partial charge on any atom is -0.350 e. The first-order valence-electron chi connectivity index (χ1n) is 8.20. The highest BCUT2D eigenvalue weighted by atomic mass is 16.2. The van der Waals surface area contributed by atoms with Gasteiger partial charge in [0.2, 0.25) is 5.91 Å². The van der Waals surface area contributed by atoms with Gasteiger partial charge in [-0.3, -0.25) is 14.3 Å². The predicted molar refractivity (Wildman–Crippen MR) is 90.0 cm³/mol. The van der Waals surface area contributed by atoms with Gasteiger partial charge in [0.1, 0.15) is 0 Å². The number of carbonyl (C=O) groups excluding carboxylic acids is 2. The highest BCUT2D eigenvalue weighted by molar-refractivity contribution is 5.91. The second-order valence-corrected chi connectivity index (χ2v) is 5.75. The lowest BCUT2D eigenvalue weighted by Crippen LogP contribution is -2.43. The number of piperidine rings is 1. The molecular formula is C17H23N5O2. The van der Waals surface area contributed by atoms with Gasteiger partial charge in [0.15, 0.2) is 5.69 Å². The number of hydrogen-bond acceptors (Lipinski definition) is 4. The van der Waals surface area contributed by atoms with Crippen LogP contribution in [0.25, 0.3) is 0 Å². The van der Waals surface area contributed by atoms with Crippen LogP contribution in [0, 0.1) is 12.3 Å². The summed E-state index contributed by atoms with van der Waals surface area (Å²) >= 11 is 0. The molecular weight excluding hydrogens is 306 g/mol. The van der Waals surface area contributed by atoms with Crippen LogP contribution >= 0.6 is 0 Å². The van der Waals surface area contributed by atoms with E-state index >= 15 is 0 Å². The smallest absolute Gasteiger partial charge is 0.273 e. The third-order valence-electron chi connectivity index (χ3n) is 4.10. The highest BCUT2D eigenvalue weighted by Gasteiger charge is 2.25. The Morgan fingerprint density at radius 1 is 1.50 bits per heavy atom. The molecule has 0 aromatic carbocycles. The van der Waals surface area contributed by atoms with Crippen molar-refractivity contribution in [3.63, 3.8) is 0 Å². The maximum atomic E-state index is 11.9. The minimum atomic E-state index is -0.280. The van der Waals surface area contributed by atoms with Crippen molar-refractivity contribution >= 4 is 11.8 Å². The first-order valence-corrected chi connectivity index (χ1v) is 8.20. The van der Waals surface area contributed by atoms with Crippen LogP contribution in [0.15, 0.2) is 18.9 Å². The summed E-state index contributed by atoms with van der Waals surface area (Å²) in [5.41, 5.74) is 0.273. The van der Waals surface area contributed by atoms with Crippen LogP contribution < -0.4 is 5.32 Å². The van der Waals surface area contributed by atoms with Crippen LogP contribution in [0.4, 0.5) is 0 Å². The number of nitrogens with one attached hydrogen (secondary N) is 1. The Morgan fingerprint density at radius 2 is 2.33 bits per heavy atom. The summed E-state index contributed by atoms with van der Waals surface area (Å²) in [5.74, 6) is 2.16. The number of aryl methyl sites for hydroxylation is 1. The molecule has 7 heteroatoms. The Balaban J connectivity index is 1.87. The number of carbonyl (C=O) groups is 2. The van der Waals surface area contributed by atoms with E-state index in [2.05, 4.69) is 28.1 Å². The molecule has 2 heterocycles. The molecule has 1 saturated heterocycles. The van der Waals surface area contributed by atoms with E-state index in [0.717, 1.165) is 32.2 Å². The Bertz CT molecular complexity index is 631. The van der Waals surface area contributed by atoms with Gasteiger partial charge in [-0.2, -0.15) is 0 Å². The van der Waals surface area contributed by atoms with E-state index in [0.29, 0.717) is 19.5 Å². The van der Waals surface area contributed by atoms with E-state index in [9.17, 15) is 9.59 Å². The number of nitrogens with zero attached hydrogens (tertiary/aromatic N) is 4. The van der Waals surface area contributed by atoms with Gasteiger partial charge in [-0.05, 0) is 31.8 Å². The molecule has 0 spiro atoms.